The van der Waals surface area contributed by atoms with Gasteiger partial charge >= 0.3 is 11.9 Å². The lowest BCUT2D eigenvalue weighted by Crippen LogP contribution is -2.49. The average Bonchev–Trinajstić information content (AvgIpc) is 3.34. The normalized spacial score (nSPS) is 25.9. The Morgan fingerprint density at radius 2 is 1.72 bits per heavy atom. The monoisotopic (exact) mass is 651 g/mol. The highest BCUT2D eigenvalue weighted by atomic mass is 127. The van der Waals surface area contributed by atoms with Gasteiger partial charge in [0.05, 0.1) is 31.6 Å². The van der Waals surface area contributed by atoms with Crippen LogP contribution in [0.3, 0.4) is 0 Å². The molecule has 0 saturated heterocycles. The van der Waals surface area contributed by atoms with Crippen molar-refractivity contribution in [3.63, 3.8) is 0 Å². The van der Waals surface area contributed by atoms with Crippen molar-refractivity contribution in [1.82, 2.24) is 15.3 Å². The number of carbonyl (C=O) groups excluding carboxylic acids is 3. The molecule has 1 N–H and O–H groups in total. The Labute approximate surface area is 241 Å². The molecule has 5 atom stereocenters. The predicted octanol–water partition coefficient (Wildman–Crippen LogP) is 3.89. The Kier molecular flexibility index (Phi) is 8.67. The van der Waals surface area contributed by atoms with E-state index in [4.69, 9.17) is 18.9 Å². The highest BCUT2D eigenvalue weighted by molar-refractivity contribution is 14.1. The number of aromatic nitrogens is 2. The lowest BCUT2D eigenvalue weighted by atomic mass is 9.94. The summed E-state index contributed by atoms with van der Waals surface area (Å²) in [7, 11) is 1.51. The number of nitrogens with one attached hydrogen (secondary N) is 1. The summed E-state index contributed by atoms with van der Waals surface area (Å²) in [5.41, 5.74) is -1.01. The number of carbonyl (C=O) groups is 3. The lowest BCUT2D eigenvalue weighted by molar-refractivity contribution is -0.163. The molecule has 0 radical (unpaired) electrons. The van der Waals surface area contributed by atoms with Crippen LogP contribution in [0.2, 0.25) is 0 Å². The summed E-state index contributed by atoms with van der Waals surface area (Å²) in [5.74, 6) is -1.81. The zero-order valence-corrected chi connectivity index (χ0v) is 24.9. The molecule has 0 aliphatic heterocycles. The lowest BCUT2D eigenvalue weighted by Gasteiger charge is -2.25. The molecule has 1 aromatic heterocycles. The standard InChI is InChI=1S/C28H34IN3O7/c1-6-37-26(35)28(15-20(28)29)32-24(33)18-12-17(13-19(18)25(34)39-27(2,3)4)38-22-14-21(36-5)30-23(31-22)16-10-8-7-9-11-16/h7-11,14,17-20H,6,12-13,15H2,1-5H3,(H,32,33)/t17-,18-,19-,20-,28-/m1/s1. The van der Waals surface area contributed by atoms with Gasteiger partial charge in [-0.25, -0.2) is 4.79 Å². The van der Waals surface area contributed by atoms with Crippen LogP contribution >= 0.6 is 22.6 Å². The number of methoxy groups -OCH3 is 1. The van der Waals surface area contributed by atoms with Crippen LogP contribution in [0.1, 0.15) is 47.0 Å². The summed E-state index contributed by atoms with van der Waals surface area (Å²) in [4.78, 5) is 48.3. The van der Waals surface area contributed by atoms with Crippen molar-refractivity contribution in [3.05, 3.63) is 36.4 Å². The Balaban J connectivity index is 1.56. The number of amides is 1. The topological polar surface area (TPSA) is 126 Å². The molecule has 1 heterocycles. The number of alkyl halides is 1. The van der Waals surface area contributed by atoms with Crippen molar-refractivity contribution in [2.75, 3.05) is 13.7 Å². The smallest absolute Gasteiger partial charge is 0.332 e. The van der Waals surface area contributed by atoms with Crippen molar-refractivity contribution >= 4 is 40.4 Å². The molecular weight excluding hydrogens is 617 g/mol. The fourth-order valence-electron chi connectivity index (χ4n) is 4.66. The summed E-state index contributed by atoms with van der Waals surface area (Å²) in [6.45, 7) is 7.28. The second-order valence-electron chi connectivity index (χ2n) is 10.7. The molecular formula is C28H34IN3O7. The van der Waals surface area contributed by atoms with E-state index in [1.165, 1.54) is 7.11 Å². The van der Waals surface area contributed by atoms with Crippen LogP contribution in [0.4, 0.5) is 0 Å². The molecule has 0 unspecified atom stereocenters. The Morgan fingerprint density at radius 1 is 1.08 bits per heavy atom. The summed E-state index contributed by atoms with van der Waals surface area (Å²) in [5, 5.41) is 2.89. The molecule has 10 nitrogen and oxygen atoms in total. The van der Waals surface area contributed by atoms with E-state index in [0.717, 1.165) is 5.56 Å². The van der Waals surface area contributed by atoms with Crippen molar-refractivity contribution in [2.45, 2.75) is 68.1 Å². The molecule has 2 saturated carbocycles. The Morgan fingerprint density at radius 3 is 2.31 bits per heavy atom. The summed E-state index contributed by atoms with van der Waals surface area (Å²) < 4.78 is 22.3. The minimum Gasteiger partial charge on any atom is -0.481 e. The van der Waals surface area contributed by atoms with Gasteiger partial charge in [-0.15, -0.1) is 0 Å². The van der Waals surface area contributed by atoms with E-state index in [2.05, 4.69) is 37.9 Å². The second kappa shape index (κ2) is 11.6. The highest BCUT2D eigenvalue weighted by Gasteiger charge is 2.62. The van der Waals surface area contributed by atoms with E-state index in [0.29, 0.717) is 18.1 Å². The van der Waals surface area contributed by atoms with Gasteiger partial charge in [-0.05, 0) is 47.0 Å². The van der Waals surface area contributed by atoms with Crippen LogP contribution in [0, 0.1) is 11.8 Å². The highest BCUT2D eigenvalue weighted by Crippen LogP contribution is 2.45. The first-order chi connectivity index (χ1) is 18.5. The minimum absolute atomic E-state index is 0.0867. The molecule has 4 rings (SSSR count). The number of esters is 2. The van der Waals surface area contributed by atoms with E-state index in [-0.39, 0.29) is 29.3 Å². The molecule has 39 heavy (non-hydrogen) atoms. The molecule has 0 spiro atoms. The number of benzene rings is 1. The maximum atomic E-state index is 13.5. The van der Waals surface area contributed by atoms with Crippen molar-refractivity contribution < 1.29 is 33.3 Å². The number of halogens is 1. The number of nitrogens with zero attached hydrogens (tertiary/aromatic N) is 2. The van der Waals surface area contributed by atoms with Crippen LogP contribution in [0.5, 0.6) is 11.8 Å². The third-order valence-electron chi connectivity index (χ3n) is 6.64. The maximum Gasteiger partial charge on any atom is 0.332 e. The molecule has 11 heteroatoms. The molecule has 2 fully saturated rings. The molecule has 1 amide bonds. The number of ether oxygens (including phenoxy) is 4. The van der Waals surface area contributed by atoms with Crippen LogP contribution < -0.4 is 14.8 Å². The van der Waals surface area contributed by atoms with Crippen LogP contribution in [0.25, 0.3) is 11.4 Å². The largest absolute Gasteiger partial charge is 0.481 e. The molecule has 2 aliphatic rings. The number of hydrogen-bond acceptors (Lipinski definition) is 9. The van der Waals surface area contributed by atoms with E-state index >= 15 is 0 Å². The maximum absolute atomic E-state index is 13.5. The molecule has 2 aliphatic carbocycles. The SMILES string of the molecule is CCOC(=O)[C@@]1(NC(=O)[C@@H]2C[C@@H](Oc3cc(OC)nc(-c4ccccc4)n3)C[C@H]2C(=O)OC(C)(C)C)C[C@H]1I. The second-order valence-corrected chi connectivity index (χ2v) is 12.3. The van der Waals surface area contributed by atoms with Crippen LogP contribution in [-0.4, -0.2) is 62.7 Å². The predicted molar refractivity (Wildman–Crippen MR) is 150 cm³/mol. The van der Waals surface area contributed by atoms with Gasteiger partial charge in [0.1, 0.15) is 11.7 Å². The minimum atomic E-state index is -1.07. The van der Waals surface area contributed by atoms with Gasteiger partial charge in [-0.3, -0.25) is 9.59 Å². The van der Waals surface area contributed by atoms with Gasteiger partial charge in [0.15, 0.2) is 11.4 Å². The Bertz CT molecular complexity index is 1220. The van der Waals surface area contributed by atoms with Gasteiger partial charge in [0.2, 0.25) is 17.7 Å². The number of hydrogen-bond donors (Lipinski definition) is 1. The quantitative estimate of drug-likeness (QED) is 0.244. The third kappa shape index (κ3) is 6.79. The first kappa shape index (κ1) is 29.0. The molecule has 210 valence electrons. The van der Waals surface area contributed by atoms with Crippen LogP contribution in [0.15, 0.2) is 36.4 Å². The van der Waals surface area contributed by atoms with E-state index in [1.807, 2.05) is 30.3 Å². The zero-order chi connectivity index (χ0) is 28.4. The van der Waals surface area contributed by atoms with Gasteiger partial charge in [0.25, 0.3) is 0 Å². The van der Waals surface area contributed by atoms with Crippen LogP contribution in [-0.2, 0) is 23.9 Å². The van der Waals surface area contributed by atoms with Crippen molar-refractivity contribution in [3.8, 4) is 23.1 Å². The molecule has 1 aromatic carbocycles. The third-order valence-corrected chi connectivity index (χ3v) is 8.14. The van der Waals surface area contributed by atoms with E-state index < -0.39 is 46.9 Å². The van der Waals surface area contributed by atoms with Gasteiger partial charge in [-0.1, -0.05) is 52.9 Å². The zero-order valence-electron chi connectivity index (χ0n) is 22.7. The van der Waals surface area contributed by atoms with E-state index in [9.17, 15) is 14.4 Å². The summed E-state index contributed by atoms with van der Waals surface area (Å²) in [6, 6.07) is 11.0. The average molecular weight is 651 g/mol. The van der Waals surface area contributed by atoms with Gasteiger partial charge in [-0.2, -0.15) is 9.97 Å². The van der Waals surface area contributed by atoms with Crippen molar-refractivity contribution in [2.24, 2.45) is 11.8 Å². The molecule has 2 aromatic rings. The van der Waals surface area contributed by atoms with Gasteiger partial charge in [0, 0.05) is 9.49 Å². The fourth-order valence-corrected chi connectivity index (χ4v) is 5.76. The summed E-state index contributed by atoms with van der Waals surface area (Å²) in [6.07, 6.45) is 0.466. The van der Waals surface area contributed by atoms with Gasteiger partial charge < -0.3 is 24.3 Å². The fraction of sp³-hybridized carbons (Fsp3) is 0.536. The van der Waals surface area contributed by atoms with Crippen molar-refractivity contribution in [1.29, 1.82) is 0 Å². The first-order valence-electron chi connectivity index (χ1n) is 13.0. The molecule has 0 bridgehead atoms. The number of rotatable bonds is 9. The first-order valence-corrected chi connectivity index (χ1v) is 14.2. The Hall–Kier alpha value is -2.96. The summed E-state index contributed by atoms with van der Waals surface area (Å²) >= 11 is 2.13. The van der Waals surface area contributed by atoms with E-state index in [1.54, 1.807) is 33.8 Å².